The molecule has 2 unspecified atom stereocenters. The Morgan fingerprint density at radius 3 is 3.13 bits per heavy atom. The van der Waals surface area contributed by atoms with Crippen LogP contribution in [0.4, 0.5) is 5.82 Å². The molecule has 4 heterocycles. The van der Waals surface area contributed by atoms with Crippen molar-refractivity contribution in [2.75, 3.05) is 18.4 Å². The summed E-state index contributed by atoms with van der Waals surface area (Å²) in [6, 6.07) is 6.39. The molecule has 2 N–H and O–H groups in total. The second-order valence-electron chi connectivity index (χ2n) is 6.10. The molecule has 0 saturated carbocycles. The maximum absolute atomic E-state index is 4.74. The van der Waals surface area contributed by atoms with Crippen molar-refractivity contribution in [2.24, 2.45) is 5.92 Å². The molecule has 0 radical (unpaired) electrons. The van der Waals surface area contributed by atoms with Crippen molar-refractivity contribution in [1.82, 2.24) is 24.9 Å². The van der Waals surface area contributed by atoms with Crippen LogP contribution in [0.2, 0.25) is 0 Å². The van der Waals surface area contributed by atoms with E-state index in [0.29, 0.717) is 12.0 Å². The van der Waals surface area contributed by atoms with Crippen LogP contribution in [0.25, 0.3) is 16.8 Å². The maximum atomic E-state index is 4.74. The van der Waals surface area contributed by atoms with Gasteiger partial charge in [0.25, 0.3) is 0 Å². The number of anilines is 1. The summed E-state index contributed by atoms with van der Waals surface area (Å²) >= 11 is 0. The van der Waals surface area contributed by atoms with E-state index in [1.807, 2.05) is 35.1 Å². The Morgan fingerprint density at radius 2 is 2.22 bits per heavy atom. The van der Waals surface area contributed by atoms with Gasteiger partial charge < -0.3 is 10.6 Å². The molecule has 0 bridgehead atoms. The highest BCUT2D eigenvalue weighted by Crippen LogP contribution is 2.23. The highest BCUT2D eigenvalue weighted by molar-refractivity contribution is 5.77. The Labute approximate surface area is 135 Å². The zero-order valence-electron chi connectivity index (χ0n) is 13.1. The van der Waals surface area contributed by atoms with E-state index in [9.17, 15) is 0 Å². The van der Waals surface area contributed by atoms with Crippen LogP contribution < -0.4 is 10.6 Å². The number of hydrogen-bond donors (Lipinski definition) is 2. The Bertz CT molecular complexity index is 811. The van der Waals surface area contributed by atoms with Crippen LogP contribution in [0.3, 0.4) is 0 Å². The third-order valence-electron chi connectivity index (χ3n) is 4.50. The lowest BCUT2D eigenvalue weighted by molar-refractivity contribution is 0.366. The summed E-state index contributed by atoms with van der Waals surface area (Å²) < 4.78 is 1.85. The fourth-order valence-electron chi connectivity index (χ4n) is 3.07. The van der Waals surface area contributed by atoms with Gasteiger partial charge in [-0.3, -0.25) is 4.98 Å². The average molecular weight is 308 g/mol. The summed E-state index contributed by atoms with van der Waals surface area (Å²) in [4.78, 5) is 9.09. The molecule has 1 aliphatic rings. The Balaban J connectivity index is 1.63. The molecule has 0 aromatic carbocycles. The normalized spacial score (nSPS) is 21.4. The third-order valence-corrected chi connectivity index (χ3v) is 4.50. The lowest BCUT2D eigenvalue weighted by Gasteiger charge is -2.30. The maximum Gasteiger partial charge on any atom is 0.145 e. The van der Waals surface area contributed by atoms with Gasteiger partial charge in [0, 0.05) is 24.3 Å². The lowest BCUT2D eigenvalue weighted by atomic mass is 9.95. The molecule has 2 atom stereocenters. The predicted molar refractivity (Wildman–Crippen MR) is 90.3 cm³/mol. The molecule has 1 aliphatic heterocycles. The molecule has 6 heteroatoms. The molecule has 0 amide bonds. The fraction of sp³-hybridized carbons (Fsp3) is 0.353. The first-order chi connectivity index (χ1) is 11.3. The average Bonchev–Trinajstić information content (AvgIpc) is 3.01. The summed E-state index contributed by atoms with van der Waals surface area (Å²) in [5, 5.41) is 11.3. The summed E-state index contributed by atoms with van der Waals surface area (Å²) in [6.07, 6.45) is 8.53. The zero-order valence-corrected chi connectivity index (χ0v) is 13.1. The predicted octanol–water partition coefficient (Wildman–Crippen LogP) is 2.20. The number of rotatable bonds is 3. The van der Waals surface area contributed by atoms with Gasteiger partial charge in [0.2, 0.25) is 0 Å². The summed E-state index contributed by atoms with van der Waals surface area (Å²) in [5.74, 6) is 1.44. The number of nitrogens with zero attached hydrogens (tertiary/aromatic N) is 4. The molecule has 3 aromatic heterocycles. The quantitative estimate of drug-likeness (QED) is 0.776. The number of aromatic nitrogens is 4. The summed E-state index contributed by atoms with van der Waals surface area (Å²) in [6.45, 7) is 4.33. The number of fused-ring (bicyclic) bond motifs is 1. The van der Waals surface area contributed by atoms with Crippen molar-refractivity contribution in [1.29, 1.82) is 0 Å². The minimum Gasteiger partial charge on any atom is -0.364 e. The second kappa shape index (κ2) is 5.96. The smallest absolute Gasteiger partial charge is 0.145 e. The van der Waals surface area contributed by atoms with Crippen molar-refractivity contribution < 1.29 is 0 Å². The molecule has 1 fully saturated rings. The molecule has 23 heavy (non-hydrogen) atoms. The van der Waals surface area contributed by atoms with E-state index in [4.69, 9.17) is 4.98 Å². The summed E-state index contributed by atoms with van der Waals surface area (Å²) in [7, 11) is 0. The van der Waals surface area contributed by atoms with Crippen molar-refractivity contribution in [3.05, 3.63) is 43.0 Å². The van der Waals surface area contributed by atoms with Crippen LogP contribution in [0.15, 0.2) is 43.0 Å². The SMILES string of the molecule is CC1CCNCC1Nc1cncc(-c2cnn3ccccc23)n1. The number of piperidine rings is 1. The fourth-order valence-corrected chi connectivity index (χ4v) is 3.07. The topological polar surface area (TPSA) is 67.1 Å². The number of hydrogen-bond acceptors (Lipinski definition) is 5. The van der Waals surface area contributed by atoms with Gasteiger partial charge in [-0.2, -0.15) is 5.10 Å². The van der Waals surface area contributed by atoms with Crippen molar-refractivity contribution >= 4 is 11.3 Å². The van der Waals surface area contributed by atoms with Crippen LogP contribution in [-0.4, -0.2) is 38.7 Å². The van der Waals surface area contributed by atoms with Crippen LogP contribution in [-0.2, 0) is 0 Å². The van der Waals surface area contributed by atoms with Gasteiger partial charge in [-0.05, 0) is 31.0 Å². The van der Waals surface area contributed by atoms with E-state index in [1.54, 1.807) is 12.4 Å². The first-order valence-corrected chi connectivity index (χ1v) is 8.03. The summed E-state index contributed by atoms with van der Waals surface area (Å²) in [5.41, 5.74) is 2.87. The first-order valence-electron chi connectivity index (χ1n) is 8.03. The third kappa shape index (κ3) is 2.77. The Hall–Kier alpha value is -2.47. The zero-order chi connectivity index (χ0) is 15.6. The first kappa shape index (κ1) is 14.1. The van der Waals surface area contributed by atoms with E-state index < -0.39 is 0 Å². The molecule has 1 saturated heterocycles. The van der Waals surface area contributed by atoms with Gasteiger partial charge in [-0.1, -0.05) is 13.0 Å². The van der Waals surface area contributed by atoms with Crippen molar-refractivity contribution in [2.45, 2.75) is 19.4 Å². The molecule has 0 spiro atoms. The van der Waals surface area contributed by atoms with Crippen LogP contribution >= 0.6 is 0 Å². The van der Waals surface area contributed by atoms with Gasteiger partial charge in [-0.25, -0.2) is 9.50 Å². The van der Waals surface area contributed by atoms with E-state index >= 15 is 0 Å². The van der Waals surface area contributed by atoms with Crippen molar-refractivity contribution in [3.8, 4) is 11.3 Å². The number of pyridine rings is 1. The monoisotopic (exact) mass is 308 g/mol. The van der Waals surface area contributed by atoms with Gasteiger partial charge in [-0.15, -0.1) is 0 Å². The molecule has 0 aliphatic carbocycles. The van der Waals surface area contributed by atoms with Gasteiger partial charge in [0.15, 0.2) is 0 Å². The molecule has 3 aromatic rings. The lowest BCUT2D eigenvalue weighted by Crippen LogP contribution is -2.44. The van der Waals surface area contributed by atoms with Crippen LogP contribution in [0, 0.1) is 5.92 Å². The molecular formula is C17H20N6. The minimum absolute atomic E-state index is 0.386. The van der Waals surface area contributed by atoms with Crippen LogP contribution in [0.1, 0.15) is 13.3 Å². The van der Waals surface area contributed by atoms with Gasteiger partial charge in [0.1, 0.15) is 5.82 Å². The standard InChI is InChI=1S/C17H20N6/c1-12-5-6-18-9-14(12)21-17-11-19-10-15(22-17)13-8-20-23-7-3-2-4-16(13)23/h2-4,7-8,10-12,14,18H,5-6,9H2,1H3,(H,21,22). The van der Waals surface area contributed by atoms with E-state index in [1.165, 1.54) is 6.42 Å². The number of nitrogens with one attached hydrogen (secondary N) is 2. The highest BCUT2D eigenvalue weighted by Gasteiger charge is 2.21. The van der Waals surface area contributed by atoms with E-state index in [-0.39, 0.29) is 0 Å². The minimum atomic E-state index is 0.386. The van der Waals surface area contributed by atoms with Crippen LogP contribution in [0.5, 0.6) is 0 Å². The molecular weight excluding hydrogens is 288 g/mol. The largest absolute Gasteiger partial charge is 0.364 e. The van der Waals surface area contributed by atoms with Crippen molar-refractivity contribution in [3.63, 3.8) is 0 Å². The molecule has 4 rings (SSSR count). The molecule has 118 valence electrons. The Morgan fingerprint density at radius 1 is 1.26 bits per heavy atom. The van der Waals surface area contributed by atoms with E-state index in [0.717, 1.165) is 35.7 Å². The second-order valence-corrected chi connectivity index (χ2v) is 6.10. The molecule has 6 nitrogen and oxygen atoms in total. The Kier molecular flexibility index (Phi) is 3.67. The van der Waals surface area contributed by atoms with E-state index in [2.05, 4.69) is 27.6 Å². The van der Waals surface area contributed by atoms with Gasteiger partial charge in [0.05, 0.1) is 29.8 Å². The van der Waals surface area contributed by atoms with Gasteiger partial charge >= 0.3 is 0 Å². The highest BCUT2D eigenvalue weighted by atomic mass is 15.2.